The van der Waals surface area contributed by atoms with Gasteiger partial charge in [0.05, 0.1) is 11.9 Å². The average Bonchev–Trinajstić information content (AvgIpc) is 2.58. The minimum atomic E-state index is -4.33. The number of alkyl halides is 3. The number of aromatic nitrogens is 4. The molecule has 0 aliphatic carbocycles. The molecule has 100 valence electrons. The van der Waals surface area contributed by atoms with E-state index in [-0.39, 0.29) is 24.0 Å². The van der Waals surface area contributed by atoms with Gasteiger partial charge in [-0.3, -0.25) is 4.98 Å². The van der Waals surface area contributed by atoms with Crippen molar-refractivity contribution in [2.24, 2.45) is 5.73 Å². The molecule has 0 saturated carbocycles. The normalized spacial score (nSPS) is 13.4. The molecule has 0 radical (unpaired) electrons. The summed E-state index contributed by atoms with van der Waals surface area (Å²) in [5, 5.41) is 7.11. The Hall–Kier alpha value is -1.41. The molecular formula is C9H11ClF3N5. The molecule has 2 N–H and O–H groups in total. The summed E-state index contributed by atoms with van der Waals surface area (Å²) < 4.78 is 37.4. The van der Waals surface area contributed by atoms with Crippen molar-refractivity contribution in [3.05, 3.63) is 18.0 Å². The second-order valence-electron chi connectivity index (χ2n) is 3.75. The smallest absolute Gasteiger partial charge is 0.323 e. The van der Waals surface area contributed by atoms with Crippen LogP contribution in [0.2, 0.25) is 0 Å². The molecular weight excluding hydrogens is 271 g/mol. The number of fused-ring (bicyclic) bond motifs is 1. The van der Waals surface area contributed by atoms with Gasteiger partial charge in [-0.15, -0.1) is 17.5 Å². The second kappa shape index (κ2) is 5.07. The van der Waals surface area contributed by atoms with Gasteiger partial charge in [0, 0.05) is 6.04 Å². The van der Waals surface area contributed by atoms with Crippen molar-refractivity contribution in [2.45, 2.75) is 25.7 Å². The van der Waals surface area contributed by atoms with Gasteiger partial charge in [0.2, 0.25) is 0 Å². The highest BCUT2D eigenvalue weighted by Gasteiger charge is 2.29. The molecule has 0 saturated heterocycles. The molecule has 0 spiro atoms. The van der Waals surface area contributed by atoms with Crippen LogP contribution in [0.4, 0.5) is 13.2 Å². The van der Waals surface area contributed by atoms with Crippen molar-refractivity contribution < 1.29 is 13.2 Å². The highest BCUT2D eigenvalue weighted by Crippen LogP contribution is 2.20. The lowest BCUT2D eigenvalue weighted by atomic mass is 10.2. The van der Waals surface area contributed by atoms with Gasteiger partial charge in [-0.05, 0) is 13.0 Å². The Labute approximate surface area is 107 Å². The summed E-state index contributed by atoms with van der Waals surface area (Å²) >= 11 is 0. The summed E-state index contributed by atoms with van der Waals surface area (Å²) in [6.07, 6.45) is -3.03. The van der Waals surface area contributed by atoms with E-state index in [1.54, 1.807) is 13.0 Å². The molecule has 9 heteroatoms. The second-order valence-corrected chi connectivity index (χ2v) is 3.75. The monoisotopic (exact) mass is 281 g/mol. The molecule has 0 unspecified atom stereocenters. The van der Waals surface area contributed by atoms with Gasteiger partial charge in [0.15, 0.2) is 0 Å². The Kier molecular flexibility index (Phi) is 4.12. The van der Waals surface area contributed by atoms with E-state index in [1.165, 1.54) is 6.20 Å². The van der Waals surface area contributed by atoms with E-state index in [1.807, 2.05) is 0 Å². The molecule has 0 aliphatic rings. The third kappa shape index (κ3) is 3.08. The lowest BCUT2D eigenvalue weighted by molar-refractivity contribution is -0.142. The SMILES string of the molecule is C[C@@H](N)c1cc2nnn(CC(F)(F)F)c2cn1.Cl. The maximum atomic E-state index is 12.2. The third-order valence-corrected chi connectivity index (χ3v) is 2.22. The summed E-state index contributed by atoms with van der Waals surface area (Å²) in [6.45, 7) is 0.553. The number of halogens is 4. The number of rotatable bonds is 2. The third-order valence-electron chi connectivity index (χ3n) is 2.22. The van der Waals surface area contributed by atoms with Crippen LogP contribution in [0, 0.1) is 0 Å². The van der Waals surface area contributed by atoms with Crippen LogP contribution in [0.15, 0.2) is 12.3 Å². The van der Waals surface area contributed by atoms with Crippen molar-refractivity contribution in [3.8, 4) is 0 Å². The van der Waals surface area contributed by atoms with Crippen molar-refractivity contribution in [1.29, 1.82) is 0 Å². The fourth-order valence-electron chi connectivity index (χ4n) is 1.42. The Morgan fingerprint density at radius 2 is 2.11 bits per heavy atom. The Morgan fingerprint density at radius 3 is 2.67 bits per heavy atom. The van der Waals surface area contributed by atoms with E-state index >= 15 is 0 Å². The summed E-state index contributed by atoms with van der Waals surface area (Å²) in [5.41, 5.74) is 6.78. The van der Waals surface area contributed by atoms with Gasteiger partial charge in [0.25, 0.3) is 0 Å². The van der Waals surface area contributed by atoms with Crippen molar-refractivity contribution >= 4 is 23.4 Å². The predicted octanol–water partition coefficient (Wildman–Crippen LogP) is 1.83. The average molecular weight is 282 g/mol. The quantitative estimate of drug-likeness (QED) is 0.912. The number of hydrogen-bond donors (Lipinski definition) is 1. The zero-order valence-corrected chi connectivity index (χ0v) is 10.2. The zero-order valence-electron chi connectivity index (χ0n) is 9.35. The molecule has 5 nitrogen and oxygen atoms in total. The predicted molar refractivity (Wildman–Crippen MR) is 61.2 cm³/mol. The van der Waals surface area contributed by atoms with Crippen LogP contribution in [-0.2, 0) is 6.54 Å². The summed E-state index contributed by atoms with van der Waals surface area (Å²) in [4.78, 5) is 3.98. The lowest BCUT2D eigenvalue weighted by Crippen LogP contribution is -2.18. The first kappa shape index (κ1) is 14.7. The molecule has 0 bridgehead atoms. The molecule has 0 aliphatic heterocycles. The first-order valence-corrected chi connectivity index (χ1v) is 4.88. The molecule has 2 rings (SSSR count). The topological polar surface area (TPSA) is 69.6 Å². The molecule has 1 atom stereocenters. The first-order valence-electron chi connectivity index (χ1n) is 4.88. The highest BCUT2D eigenvalue weighted by molar-refractivity contribution is 5.85. The first-order chi connectivity index (χ1) is 7.87. The molecule has 18 heavy (non-hydrogen) atoms. The maximum Gasteiger partial charge on any atom is 0.408 e. The van der Waals surface area contributed by atoms with E-state index in [0.29, 0.717) is 11.2 Å². The van der Waals surface area contributed by atoms with Crippen LogP contribution in [0.1, 0.15) is 18.7 Å². The summed E-state index contributed by atoms with van der Waals surface area (Å²) in [6, 6.07) is 1.24. The van der Waals surface area contributed by atoms with Crippen LogP contribution >= 0.6 is 12.4 Å². The molecule has 0 amide bonds. The van der Waals surface area contributed by atoms with Crippen LogP contribution in [-0.4, -0.2) is 26.2 Å². The summed E-state index contributed by atoms with van der Waals surface area (Å²) in [7, 11) is 0. The van der Waals surface area contributed by atoms with Crippen molar-refractivity contribution in [3.63, 3.8) is 0 Å². The highest BCUT2D eigenvalue weighted by atomic mass is 35.5. The maximum absolute atomic E-state index is 12.2. The Bertz CT molecular complexity index is 536. The molecule has 0 fully saturated rings. The van der Waals surface area contributed by atoms with E-state index in [0.717, 1.165) is 4.68 Å². The number of pyridine rings is 1. The van der Waals surface area contributed by atoms with Gasteiger partial charge in [-0.1, -0.05) is 5.21 Å². The van der Waals surface area contributed by atoms with Gasteiger partial charge in [0.1, 0.15) is 17.6 Å². The zero-order chi connectivity index (χ0) is 12.6. The van der Waals surface area contributed by atoms with E-state index in [9.17, 15) is 13.2 Å². The van der Waals surface area contributed by atoms with Gasteiger partial charge < -0.3 is 5.73 Å². The molecule has 0 aromatic carbocycles. The van der Waals surface area contributed by atoms with E-state index in [4.69, 9.17) is 5.73 Å². The fourth-order valence-corrected chi connectivity index (χ4v) is 1.42. The van der Waals surface area contributed by atoms with Crippen molar-refractivity contribution in [2.75, 3.05) is 0 Å². The van der Waals surface area contributed by atoms with E-state index in [2.05, 4.69) is 15.3 Å². The van der Waals surface area contributed by atoms with Crippen LogP contribution < -0.4 is 5.73 Å². The van der Waals surface area contributed by atoms with Gasteiger partial charge in [-0.2, -0.15) is 13.2 Å². The lowest BCUT2D eigenvalue weighted by Gasteiger charge is -2.07. The number of hydrogen-bond acceptors (Lipinski definition) is 4. The Morgan fingerprint density at radius 1 is 1.44 bits per heavy atom. The summed E-state index contributed by atoms with van der Waals surface area (Å²) in [5.74, 6) is 0. The largest absolute Gasteiger partial charge is 0.408 e. The van der Waals surface area contributed by atoms with Crippen molar-refractivity contribution in [1.82, 2.24) is 20.0 Å². The fraction of sp³-hybridized carbons (Fsp3) is 0.444. The minimum absolute atomic E-state index is 0. The molecule has 2 heterocycles. The molecule has 2 aromatic heterocycles. The van der Waals surface area contributed by atoms with Gasteiger partial charge in [-0.25, -0.2) is 4.68 Å². The number of nitrogens with two attached hydrogens (primary N) is 1. The number of nitrogens with zero attached hydrogens (tertiary/aromatic N) is 4. The van der Waals surface area contributed by atoms with Crippen LogP contribution in [0.3, 0.4) is 0 Å². The van der Waals surface area contributed by atoms with Crippen LogP contribution in [0.25, 0.3) is 11.0 Å². The van der Waals surface area contributed by atoms with Crippen LogP contribution in [0.5, 0.6) is 0 Å². The molecule has 2 aromatic rings. The minimum Gasteiger partial charge on any atom is -0.323 e. The van der Waals surface area contributed by atoms with E-state index < -0.39 is 12.7 Å². The Balaban J connectivity index is 0.00000162. The van der Waals surface area contributed by atoms with Gasteiger partial charge >= 0.3 is 6.18 Å². The standard InChI is InChI=1S/C9H10F3N5.ClH/c1-5(13)6-2-7-8(3-14-6)17(16-15-7)4-9(10,11)12;/h2-3,5H,4,13H2,1H3;1H/t5-;/m1./s1.